The van der Waals surface area contributed by atoms with E-state index in [-0.39, 0.29) is 5.75 Å². The molecule has 0 bridgehead atoms. The van der Waals surface area contributed by atoms with Crippen LogP contribution in [0, 0.1) is 34.0 Å². The monoisotopic (exact) mass is 316 g/mol. The Kier molecular flexibility index (Phi) is 9.10. The predicted molar refractivity (Wildman–Crippen MR) is 78.1 cm³/mol. The van der Waals surface area contributed by atoms with E-state index in [1.54, 1.807) is 0 Å². The van der Waals surface area contributed by atoms with Crippen LogP contribution in [0.25, 0.3) is 0 Å². The van der Waals surface area contributed by atoms with Crippen molar-refractivity contribution in [2.24, 2.45) is 0 Å². The number of nitriles is 3. The Morgan fingerprint density at radius 1 is 0.850 bits per heavy atom. The van der Waals surface area contributed by atoms with Gasteiger partial charge in [-0.05, 0) is 6.42 Å². The molecule has 0 heterocycles. The van der Waals surface area contributed by atoms with Gasteiger partial charge in [-0.1, -0.05) is 0 Å². The van der Waals surface area contributed by atoms with Crippen LogP contribution in [0.2, 0.25) is 0 Å². The molecular formula is C12H19N3O3PS+. The second kappa shape index (κ2) is 9.67. The maximum Gasteiger partial charge on any atom is 0.264 e. The highest BCUT2D eigenvalue weighted by Gasteiger charge is 2.36. The highest BCUT2D eigenvalue weighted by Crippen LogP contribution is 2.60. The fourth-order valence-corrected chi connectivity index (χ4v) is 6.73. The zero-order valence-corrected chi connectivity index (χ0v) is 13.0. The summed E-state index contributed by atoms with van der Waals surface area (Å²) in [6.07, 6.45) is 3.94. The third-order valence-corrected chi connectivity index (χ3v) is 8.71. The van der Waals surface area contributed by atoms with Crippen LogP contribution in [0.5, 0.6) is 0 Å². The van der Waals surface area contributed by atoms with Crippen molar-refractivity contribution in [1.82, 2.24) is 0 Å². The van der Waals surface area contributed by atoms with Gasteiger partial charge in [-0.3, -0.25) is 4.55 Å². The Balaban J connectivity index is 4.81. The molecule has 0 unspecified atom stereocenters. The van der Waals surface area contributed by atoms with Gasteiger partial charge in [0.2, 0.25) is 0 Å². The highest BCUT2D eigenvalue weighted by atomic mass is 32.2. The molecule has 0 aliphatic heterocycles. The molecule has 20 heavy (non-hydrogen) atoms. The quantitative estimate of drug-likeness (QED) is 0.485. The average molecular weight is 316 g/mol. The molecule has 0 aliphatic carbocycles. The predicted octanol–water partition coefficient (Wildman–Crippen LogP) is 2.02. The summed E-state index contributed by atoms with van der Waals surface area (Å²) in [5.74, 6) is -0.305. The molecule has 0 amide bonds. The van der Waals surface area contributed by atoms with Crippen molar-refractivity contribution in [2.45, 2.75) is 25.7 Å². The lowest BCUT2D eigenvalue weighted by Gasteiger charge is -2.25. The van der Waals surface area contributed by atoms with Crippen molar-refractivity contribution in [3.8, 4) is 18.2 Å². The number of hydrogen-bond donors (Lipinski definition) is 1. The lowest BCUT2D eigenvalue weighted by atomic mass is 10.5. The molecule has 0 aromatic rings. The Morgan fingerprint density at radius 3 is 1.55 bits per heavy atom. The van der Waals surface area contributed by atoms with Gasteiger partial charge >= 0.3 is 0 Å². The molecule has 0 aliphatic rings. The number of hydrogen-bond acceptors (Lipinski definition) is 5. The molecule has 0 atom stereocenters. The van der Waals surface area contributed by atoms with Crippen molar-refractivity contribution >= 4 is 17.4 Å². The van der Waals surface area contributed by atoms with Crippen LogP contribution in [0.1, 0.15) is 25.7 Å². The van der Waals surface area contributed by atoms with Gasteiger partial charge in [-0.2, -0.15) is 24.2 Å². The molecule has 0 radical (unpaired) electrons. The fraction of sp³-hybridized carbons (Fsp3) is 0.750. The smallest absolute Gasteiger partial charge is 0.264 e. The summed E-state index contributed by atoms with van der Waals surface area (Å²) < 4.78 is 30.3. The highest BCUT2D eigenvalue weighted by molar-refractivity contribution is 7.85. The molecule has 0 aromatic carbocycles. The molecule has 0 saturated heterocycles. The molecule has 0 rings (SSSR count). The first-order valence-electron chi connectivity index (χ1n) is 6.30. The van der Waals surface area contributed by atoms with E-state index in [1.165, 1.54) is 0 Å². The Bertz CT molecular complexity index is 468. The second-order valence-electron chi connectivity index (χ2n) is 4.60. The second-order valence-corrected chi connectivity index (χ2v) is 10.6. The molecule has 8 heteroatoms. The Morgan fingerprint density at radius 2 is 1.25 bits per heavy atom. The van der Waals surface area contributed by atoms with Crippen molar-refractivity contribution in [3.63, 3.8) is 0 Å². The minimum Gasteiger partial charge on any atom is -0.286 e. The summed E-state index contributed by atoms with van der Waals surface area (Å²) >= 11 is 0. The zero-order valence-electron chi connectivity index (χ0n) is 11.3. The van der Waals surface area contributed by atoms with E-state index in [9.17, 15) is 8.42 Å². The van der Waals surface area contributed by atoms with Crippen molar-refractivity contribution < 1.29 is 13.0 Å². The van der Waals surface area contributed by atoms with Crippen LogP contribution in [-0.2, 0) is 10.1 Å². The standard InChI is InChI=1S/C12H18N3O3PS/c13-5-1-8-19(9-2-6-14,10-3-7-15)11-4-12-20(16,17)18/h1-4,8-12H2/p+1. The normalized spacial score (nSPS) is 11.3. The van der Waals surface area contributed by atoms with Crippen molar-refractivity contribution in [1.29, 1.82) is 15.8 Å². The Labute approximate surface area is 121 Å². The molecule has 6 nitrogen and oxygen atoms in total. The third kappa shape index (κ3) is 8.83. The van der Waals surface area contributed by atoms with Crippen molar-refractivity contribution in [3.05, 3.63) is 0 Å². The van der Waals surface area contributed by atoms with E-state index in [2.05, 4.69) is 18.2 Å². The molecule has 0 spiro atoms. The van der Waals surface area contributed by atoms with Gasteiger partial charge in [-0.25, -0.2) is 0 Å². The SMILES string of the molecule is N#CCC[P+](CCC#N)(CCC#N)CCCS(=O)(=O)O. The minimum atomic E-state index is -3.99. The summed E-state index contributed by atoms with van der Waals surface area (Å²) in [7, 11) is -5.66. The average Bonchev–Trinajstić information content (AvgIpc) is 2.38. The molecule has 1 N–H and O–H groups in total. The van der Waals surface area contributed by atoms with Gasteiger partial charge in [0.1, 0.15) is 0 Å². The summed E-state index contributed by atoms with van der Waals surface area (Å²) in [4.78, 5) is 0. The summed E-state index contributed by atoms with van der Waals surface area (Å²) in [5, 5.41) is 26.2. The zero-order chi connectivity index (χ0) is 15.5. The van der Waals surface area contributed by atoms with E-state index in [0.717, 1.165) is 0 Å². The third-order valence-electron chi connectivity index (χ3n) is 3.13. The maximum absolute atomic E-state index is 10.8. The van der Waals surface area contributed by atoms with Gasteiger partial charge in [0, 0.05) is 7.26 Å². The molecule has 0 fully saturated rings. The summed E-state index contributed by atoms with van der Waals surface area (Å²) in [6.45, 7) is 0. The molecule has 0 saturated carbocycles. The van der Waals surface area contributed by atoms with Crippen LogP contribution < -0.4 is 0 Å². The fourth-order valence-electron chi connectivity index (χ4n) is 2.11. The summed E-state index contributed by atoms with van der Waals surface area (Å²) in [5.41, 5.74) is 0. The molecule has 110 valence electrons. The largest absolute Gasteiger partial charge is 0.286 e. The first-order valence-corrected chi connectivity index (χ1v) is 10.4. The van der Waals surface area contributed by atoms with E-state index in [0.29, 0.717) is 50.3 Å². The van der Waals surface area contributed by atoms with Crippen LogP contribution >= 0.6 is 7.26 Å². The van der Waals surface area contributed by atoms with E-state index >= 15 is 0 Å². The van der Waals surface area contributed by atoms with E-state index < -0.39 is 17.4 Å². The number of rotatable bonds is 10. The van der Waals surface area contributed by atoms with E-state index in [1.807, 2.05) is 0 Å². The lowest BCUT2D eigenvalue weighted by Crippen LogP contribution is -2.15. The topological polar surface area (TPSA) is 126 Å². The molecular weight excluding hydrogens is 297 g/mol. The van der Waals surface area contributed by atoms with Gasteiger partial charge in [0.05, 0.1) is 67.9 Å². The van der Waals surface area contributed by atoms with Crippen LogP contribution in [0.15, 0.2) is 0 Å². The first-order chi connectivity index (χ1) is 9.39. The van der Waals surface area contributed by atoms with Crippen LogP contribution in [0.3, 0.4) is 0 Å². The Hall–Kier alpha value is -1.19. The molecule has 0 aromatic heterocycles. The maximum atomic E-state index is 10.8. The lowest BCUT2D eigenvalue weighted by molar-refractivity contribution is 0.482. The van der Waals surface area contributed by atoms with Crippen LogP contribution in [0.4, 0.5) is 0 Å². The summed E-state index contributed by atoms with van der Waals surface area (Å²) in [6, 6.07) is 6.23. The minimum absolute atomic E-state index is 0.305. The van der Waals surface area contributed by atoms with Crippen molar-refractivity contribution in [2.75, 3.05) is 30.4 Å². The first kappa shape index (κ1) is 18.8. The number of nitrogens with zero attached hydrogens (tertiary/aromatic N) is 3. The van der Waals surface area contributed by atoms with Gasteiger partial charge in [0.25, 0.3) is 10.1 Å². The van der Waals surface area contributed by atoms with Crippen LogP contribution in [-0.4, -0.2) is 43.4 Å². The van der Waals surface area contributed by atoms with E-state index in [4.69, 9.17) is 20.3 Å². The van der Waals surface area contributed by atoms with Gasteiger partial charge < -0.3 is 0 Å². The van der Waals surface area contributed by atoms with Gasteiger partial charge in [0.15, 0.2) is 0 Å². The van der Waals surface area contributed by atoms with Gasteiger partial charge in [-0.15, -0.1) is 0 Å².